The monoisotopic (exact) mass is 464 g/mol. The average Bonchev–Trinajstić information content (AvgIpc) is 3.50. The Morgan fingerprint density at radius 1 is 1.19 bits per heavy atom. The van der Waals surface area contributed by atoms with Crippen LogP contribution in [0.1, 0.15) is 40.9 Å². The Morgan fingerprint density at radius 2 is 1.91 bits per heavy atom. The number of nitrogens with zero attached hydrogens (tertiary/aromatic N) is 1. The third kappa shape index (κ3) is 5.64. The normalized spacial score (nSPS) is 14.0. The summed E-state index contributed by atoms with van der Waals surface area (Å²) in [4.78, 5) is 16.5. The lowest BCUT2D eigenvalue weighted by Gasteiger charge is -2.18. The second kappa shape index (κ2) is 10.1. The van der Waals surface area contributed by atoms with Gasteiger partial charge in [-0.1, -0.05) is 42.5 Å². The third-order valence-electron chi connectivity index (χ3n) is 5.31. The largest absolute Gasteiger partial charge is 0.476 e. The summed E-state index contributed by atoms with van der Waals surface area (Å²) in [5.41, 5.74) is 4.31. The van der Waals surface area contributed by atoms with Crippen molar-refractivity contribution in [1.29, 1.82) is 5.41 Å². The van der Waals surface area contributed by atoms with Crippen LogP contribution in [0.4, 0.5) is 5.13 Å². The molecule has 1 aliphatic rings. The molecule has 1 aromatic heterocycles. The molecule has 1 fully saturated rings. The van der Waals surface area contributed by atoms with Gasteiger partial charge < -0.3 is 15.8 Å². The zero-order valence-electron chi connectivity index (χ0n) is 17.4. The van der Waals surface area contributed by atoms with Crippen molar-refractivity contribution in [3.63, 3.8) is 0 Å². The highest BCUT2D eigenvalue weighted by Crippen LogP contribution is 2.35. The van der Waals surface area contributed by atoms with E-state index >= 15 is 0 Å². The number of aromatic nitrogens is 1. The molecule has 0 amide bonds. The fraction of sp³-hybridized carbons (Fsp3) is 0.208. The standard InChI is InChI=1S/C24H24N4O2S2/c25-20(13-16-6-7-16)19(12-15-8-10-18(32-26)11-9-15)22(17-4-2-1-3-5-17)28-24-27-21(14-31-24)23(29)30/h1-5,8-11,14,16,25H,6-7,12-13,26H2,(H,27,28)(H,29,30)/b22-19-,25-20?. The average molecular weight is 465 g/mol. The summed E-state index contributed by atoms with van der Waals surface area (Å²) in [6.07, 6.45) is 3.65. The number of nitrogens with one attached hydrogen (secondary N) is 2. The van der Waals surface area contributed by atoms with Crippen molar-refractivity contribution in [2.45, 2.75) is 30.6 Å². The highest BCUT2D eigenvalue weighted by molar-refractivity contribution is 7.97. The first kappa shape index (κ1) is 22.3. The Morgan fingerprint density at radius 3 is 2.50 bits per heavy atom. The van der Waals surface area contributed by atoms with Crippen LogP contribution in [0.25, 0.3) is 5.70 Å². The SMILES string of the molecule is N=C(CC1CC1)/C(Cc1ccc(SN)cc1)=C(\Nc1nc(C(=O)O)cs1)c1ccccc1. The molecule has 4 rings (SSSR count). The number of hydrogen-bond acceptors (Lipinski definition) is 7. The van der Waals surface area contributed by atoms with Crippen molar-refractivity contribution in [1.82, 2.24) is 4.98 Å². The summed E-state index contributed by atoms with van der Waals surface area (Å²) in [7, 11) is 0. The van der Waals surface area contributed by atoms with Crippen molar-refractivity contribution in [3.8, 4) is 0 Å². The molecule has 0 atom stereocenters. The van der Waals surface area contributed by atoms with Crippen molar-refractivity contribution in [3.05, 3.63) is 82.4 Å². The molecule has 3 aromatic rings. The Kier molecular flexibility index (Phi) is 7.04. The highest BCUT2D eigenvalue weighted by Gasteiger charge is 2.26. The summed E-state index contributed by atoms with van der Waals surface area (Å²) in [6, 6.07) is 17.9. The van der Waals surface area contributed by atoms with Gasteiger partial charge in [0.05, 0.1) is 5.70 Å². The number of carboxylic acid groups (broad SMARTS) is 1. The quantitative estimate of drug-likeness (QED) is 0.226. The predicted molar refractivity (Wildman–Crippen MR) is 131 cm³/mol. The van der Waals surface area contributed by atoms with E-state index in [1.807, 2.05) is 54.6 Å². The van der Waals surface area contributed by atoms with Crippen LogP contribution in [-0.2, 0) is 6.42 Å². The maximum absolute atomic E-state index is 11.3. The molecule has 8 heteroatoms. The van der Waals surface area contributed by atoms with Gasteiger partial charge in [-0.3, -0.25) is 5.14 Å². The fourth-order valence-corrected chi connectivity index (χ4v) is 4.41. The number of carbonyl (C=O) groups is 1. The number of aromatic carboxylic acids is 1. The zero-order chi connectivity index (χ0) is 22.5. The molecule has 0 spiro atoms. The highest BCUT2D eigenvalue weighted by atomic mass is 32.2. The van der Waals surface area contributed by atoms with E-state index < -0.39 is 5.97 Å². The molecule has 5 N–H and O–H groups in total. The number of anilines is 1. The van der Waals surface area contributed by atoms with E-state index in [2.05, 4.69) is 10.3 Å². The van der Waals surface area contributed by atoms with E-state index in [1.165, 1.54) is 41.5 Å². The Bertz CT molecular complexity index is 1140. The first-order valence-electron chi connectivity index (χ1n) is 10.3. The summed E-state index contributed by atoms with van der Waals surface area (Å²) in [6.45, 7) is 0. The number of nitrogens with two attached hydrogens (primary N) is 1. The Hall–Kier alpha value is -2.94. The minimum Gasteiger partial charge on any atom is -0.476 e. The van der Waals surface area contributed by atoms with E-state index in [9.17, 15) is 9.90 Å². The Labute approximate surface area is 195 Å². The lowest BCUT2D eigenvalue weighted by atomic mass is 9.93. The topological polar surface area (TPSA) is 112 Å². The second-order valence-corrected chi connectivity index (χ2v) is 9.32. The molecule has 164 valence electrons. The number of carboxylic acids is 1. The second-order valence-electron chi connectivity index (χ2n) is 7.75. The molecule has 0 unspecified atom stereocenters. The minimum absolute atomic E-state index is 0.00870. The van der Waals surface area contributed by atoms with Crippen LogP contribution in [0.5, 0.6) is 0 Å². The van der Waals surface area contributed by atoms with Crippen molar-refractivity contribution in [2.75, 3.05) is 5.32 Å². The van der Waals surface area contributed by atoms with Crippen LogP contribution in [0.3, 0.4) is 0 Å². The summed E-state index contributed by atoms with van der Waals surface area (Å²) < 4.78 is 0. The molecule has 6 nitrogen and oxygen atoms in total. The smallest absolute Gasteiger partial charge is 0.355 e. The van der Waals surface area contributed by atoms with E-state index in [4.69, 9.17) is 10.5 Å². The van der Waals surface area contributed by atoms with Gasteiger partial charge in [-0.25, -0.2) is 9.78 Å². The lowest BCUT2D eigenvalue weighted by Crippen LogP contribution is -2.13. The van der Waals surface area contributed by atoms with E-state index in [-0.39, 0.29) is 5.69 Å². The summed E-state index contributed by atoms with van der Waals surface area (Å²) >= 11 is 2.45. The zero-order valence-corrected chi connectivity index (χ0v) is 19.0. The van der Waals surface area contributed by atoms with Crippen LogP contribution in [0, 0.1) is 11.3 Å². The van der Waals surface area contributed by atoms with Crippen molar-refractivity contribution < 1.29 is 9.90 Å². The van der Waals surface area contributed by atoms with Gasteiger partial charge in [-0.05, 0) is 60.4 Å². The molecule has 2 aromatic carbocycles. The van der Waals surface area contributed by atoms with Crippen LogP contribution in [0.2, 0.25) is 0 Å². The van der Waals surface area contributed by atoms with Gasteiger partial charge in [0.2, 0.25) is 0 Å². The van der Waals surface area contributed by atoms with Gasteiger partial charge in [-0.2, -0.15) is 0 Å². The maximum atomic E-state index is 11.3. The van der Waals surface area contributed by atoms with Gasteiger partial charge in [0, 0.05) is 28.0 Å². The summed E-state index contributed by atoms with van der Waals surface area (Å²) in [5, 5.41) is 29.2. The number of benzene rings is 2. The minimum atomic E-state index is -1.06. The fourth-order valence-electron chi connectivity index (χ4n) is 3.43. The number of rotatable bonds is 10. The van der Waals surface area contributed by atoms with E-state index in [1.54, 1.807) is 0 Å². The third-order valence-corrected chi connectivity index (χ3v) is 6.62. The predicted octanol–water partition coefficient (Wildman–Crippen LogP) is 5.69. The van der Waals surface area contributed by atoms with E-state index in [0.717, 1.165) is 33.7 Å². The first-order chi connectivity index (χ1) is 15.5. The van der Waals surface area contributed by atoms with Crippen LogP contribution in [0.15, 0.2) is 70.4 Å². The van der Waals surface area contributed by atoms with Gasteiger partial charge >= 0.3 is 5.97 Å². The van der Waals surface area contributed by atoms with Gasteiger partial charge in [0.1, 0.15) is 0 Å². The molecular formula is C24H24N4O2S2. The van der Waals surface area contributed by atoms with Crippen LogP contribution in [-0.4, -0.2) is 21.8 Å². The van der Waals surface area contributed by atoms with Crippen LogP contribution < -0.4 is 10.5 Å². The molecule has 1 saturated carbocycles. The lowest BCUT2D eigenvalue weighted by molar-refractivity contribution is 0.0691. The molecule has 0 bridgehead atoms. The number of thiazole rings is 1. The molecule has 1 heterocycles. The number of allylic oxidation sites excluding steroid dienone is 1. The van der Waals surface area contributed by atoms with Gasteiger partial charge in [-0.15, -0.1) is 11.3 Å². The maximum Gasteiger partial charge on any atom is 0.355 e. The first-order valence-corrected chi connectivity index (χ1v) is 12.1. The van der Waals surface area contributed by atoms with Crippen molar-refractivity contribution in [2.24, 2.45) is 11.1 Å². The number of hydrogen-bond donors (Lipinski definition) is 4. The van der Waals surface area contributed by atoms with Gasteiger partial charge in [0.15, 0.2) is 10.8 Å². The molecule has 32 heavy (non-hydrogen) atoms. The van der Waals surface area contributed by atoms with Crippen LogP contribution >= 0.6 is 23.3 Å². The molecule has 0 saturated heterocycles. The van der Waals surface area contributed by atoms with Gasteiger partial charge in [0.25, 0.3) is 0 Å². The Balaban J connectivity index is 1.76. The molecule has 1 aliphatic carbocycles. The summed E-state index contributed by atoms with van der Waals surface area (Å²) in [5.74, 6) is -0.483. The van der Waals surface area contributed by atoms with E-state index in [0.29, 0.717) is 23.2 Å². The molecule has 0 radical (unpaired) electrons. The van der Waals surface area contributed by atoms with Crippen molar-refractivity contribution >= 4 is 45.8 Å². The molecule has 0 aliphatic heterocycles. The molecular weight excluding hydrogens is 440 g/mol.